The van der Waals surface area contributed by atoms with Crippen molar-refractivity contribution in [1.29, 1.82) is 0 Å². The lowest BCUT2D eigenvalue weighted by Crippen LogP contribution is -2.36. The molecule has 27 heavy (non-hydrogen) atoms. The number of benzene rings is 1. The molecule has 1 aliphatic heterocycles. The minimum atomic E-state index is -0.204. The second kappa shape index (κ2) is 7.85. The van der Waals surface area contributed by atoms with E-state index in [4.69, 9.17) is 4.74 Å². The Labute approximate surface area is 161 Å². The van der Waals surface area contributed by atoms with Crippen molar-refractivity contribution in [2.24, 2.45) is 0 Å². The number of ether oxygens (including phenoxy) is 1. The van der Waals surface area contributed by atoms with Gasteiger partial charge in [-0.3, -0.25) is 10.1 Å². The zero-order valence-corrected chi connectivity index (χ0v) is 15.8. The van der Waals surface area contributed by atoms with Crippen molar-refractivity contribution in [1.82, 2.24) is 9.97 Å². The van der Waals surface area contributed by atoms with Crippen molar-refractivity contribution in [2.45, 2.75) is 6.92 Å². The Bertz CT molecular complexity index is 919. The lowest BCUT2D eigenvalue weighted by atomic mass is 10.1. The first-order valence-electron chi connectivity index (χ1n) is 8.83. The van der Waals surface area contributed by atoms with Gasteiger partial charge in [-0.05, 0) is 19.1 Å². The largest absolute Gasteiger partial charge is 0.378 e. The molecule has 1 aromatic carbocycles. The van der Waals surface area contributed by atoms with E-state index in [1.807, 2.05) is 43.3 Å². The Balaban J connectivity index is 1.46. The predicted molar refractivity (Wildman–Crippen MR) is 108 cm³/mol. The number of amides is 1. The number of aromatic nitrogens is 2. The SMILES string of the molecule is Cc1sc(NC(=O)c2ccc(N3CCOCC3)nc2)nc1-c1ccccc1. The van der Waals surface area contributed by atoms with E-state index in [1.165, 1.54) is 11.3 Å². The molecule has 0 unspecified atom stereocenters. The molecule has 4 rings (SSSR count). The molecule has 1 saturated heterocycles. The van der Waals surface area contributed by atoms with E-state index in [9.17, 15) is 4.79 Å². The smallest absolute Gasteiger partial charge is 0.259 e. The van der Waals surface area contributed by atoms with Crippen LogP contribution < -0.4 is 10.2 Å². The number of hydrogen-bond donors (Lipinski definition) is 1. The van der Waals surface area contributed by atoms with E-state index in [0.29, 0.717) is 23.9 Å². The van der Waals surface area contributed by atoms with Crippen LogP contribution in [0.2, 0.25) is 0 Å². The van der Waals surface area contributed by atoms with Gasteiger partial charge in [0.2, 0.25) is 0 Å². The standard InChI is InChI=1S/C20H20N4O2S/c1-14-18(15-5-3-2-4-6-15)22-20(27-14)23-19(25)16-7-8-17(21-13-16)24-9-11-26-12-10-24/h2-8,13H,9-12H2,1H3,(H,22,23,25). The quantitative estimate of drug-likeness (QED) is 0.749. The van der Waals surface area contributed by atoms with Gasteiger partial charge < -0.3 is 9.64 Å². The van der Waals surface area contributed by atoms with Crippen LogP contribution in [0.15, 0.2) is 48.7 Å². The van der Waals surface area contributed by atoms with Crippen molar-refractivity contribution < 1.29 is 9.53 Å². The Hall–Kier alpha value is -2.77. The van der Waals surface area contributed by atoms with Gasteiger partial charge in [0.15, 0.2) is 5.13 Å². The maximum Gasteiger partial charge on any atom is 0.259 e. The average Bonchev–Trinajstić information content (AvgIpc) is 3.09. The Morgan fingerprint density at radius 1 is 1.15 bits per heavy atom. The predicted octanol–water partition coefficient (Wildman–Crippen LogP) is 3.60. The van der Waals surface area contributed by atoms with Crippen LogP contribution in [0.3, 0.4) is 0 Å². The first-order valence-corrected chi connectivity index (χ1v) is 9.65. The topological polar surface area (TPSA) is 67.4 Å². The second-order valence-electron chi connectivity index (χ2n) is 6.25. The van der Waals surface area contributed by atoms with Crippen LogP contribution in [0.5, 0.6) is 0 Å². The summed E-state index contributed by atoms with van der Waals surface area (Å²) in [5.74, 6) is 0.663. The number of rotatable bonds is 4. The van der Waals surface area contributed by atoms with E-state index in [-0.39, 0.29) is 5.91 Å². The third-order valence-electron chi connectivity index (χ3n) is 4.41. The van der Waals surface area contributed by atoms with Gasteiger partial charge in [-0.15, -0.1) is 11.3 Å². The van der Waals surface area contributed by atoms with Gasteiger partial charge in [0.05, 0.1) is 24.5 Å². The molecule has 0 atom stereocenters. The molecule has 6 nitrogen and oxygen atoms in total. The van der Waals surface area contributed by atoms with Crippen molar-refractivity contribution in [3.63, 3.8) is 0 Å². The Morgan fingerprint density at radius 3 is 2.63 bits per heavy atom. The van der Waals surface area contributed by atoms with Crippen molar-refractivity contribution in [2.75, 3.05) is 36.5 Å². The number of anilines is 2. The Kier molecular flexibility index (Phi) is 5.13. The van der Waals surface area contributed by atoms with Crippen LogP contribution in [0.25, 0.3) is 11.3 Å². The van der Waals surface area contributed by atoms with Crippen LogP contribution in [0.4, 0.5) is 10.9 Å². The average molecular weight is 380 g/mol. The molecular weight excluding hydrogens is 360 g/mol. The zero-order valence-electron chi connectivity index (χ0n) is 15.0. The number of thiazole rings is 1. The van der Waals surface area contributed by atoms with Crippen molar-refractivity contribution >= 4 is 28.2 Å². The fourth-order valence-corrected chi connectivity index (χ4v) is 3.81. The normalized spacial score (nSPS) is 14.2. The van der Waals surface area contributed by atoms with Crippen molar-refractivity contribution in [3.05, 3.63) is 59.1 Å². The van der Waals surface area contributed by atoms with E-state index in [2.05, 4.69) is 20.2 Å². The molecule has 1 amide bonds. The lowest BCUT2D eigenvalue weighted by Gasteiger charge is -2.27. The van der Waals surface area contributed by atoms with Crippen LogP contribution in [-0.4, -0.2) is 42.2 Å². The highest BCUT2D eigenvalue weighted by atomic mass is 32.1. The van der Waals surface area contributed by atoms with Gasteiger partial charge in [0, 0.05) is 29.7 Å². The summed E-state index contributed by atoms with van der Waals surface area (Å²) in [6.45, 7) is 5.06. The van der Waals surface area contributed by atoms with Gasteiger partial charge in [-0.2, -0.15) is 0 Å². The van der Waals surface area contributed by atoms with Crippen LogP contribution in [0, 0.1) is 6.92 Å². The molecule has 0 aliphatic carbocycles. The minimum Gasteiger partial charge on any atom is -0.378 e. The van der Waals surface area contributed by atoms with E-state index >= 15 is 0 Å². The van der Waals surface area contributed by atoms with E-state index in [1.54, 1.807) is 12.3 Å². The van der Waals surface area contributed by atoms with Crippen LogP contribution in [0.1, 0.15) is 15.2 Å². The number of pyridine rings is 1. The number of carbonyl (C=O) groups is 1. The third kappa shape index (κ3) is 3.99. The molecule has 3 heterocycles. The molecule has 2 aromatic heterocycles. The number of nitrogens with zero attached hydrogens (tertiary/aromatic N) is 3. The summed E-state index contributed by atoms with van der Waals surface area (Å²) in [6.07, 6.45) is 1.61. The number of nitrogens with one attached hydrogen (secondary N) is 1. The highest BCUT2D eigenvalue weighted by molar-refractivity contribution is 7.16. The van der Waals surface area contributed by atoms with E-state index < -0.39 is 0 Å². The summed E-state index contributed by atoms with van der Waals surface area (Å²) in [4.78, 5) is 24.8. The highest BCUT2D eigenvalue weighted by Gasteiger charge is 2.15. The molecule has 138 valence electrons. The summed E-state index contributed by atoms with van der Waals surface area (Å²) in [6, 6.07) is 13.6. The summed E-state index contributed by atoms with van der Waals surface area (Å²) in [5.41, 5.74) is 2.46. The van der Waals surface area contributed by atoms with Gasteiger partial charge in [-0.1, -0.05) is 30.3 Å². The summed E-state index contributed by atoms with van der Waals surface area (Å²) >= 11 is 1.47. The van der Waals surface area contributed by atoms with Crippen molar-refractivity contribution in [3.8, 4) is 11.3 Å². The molecule has 1 N–H and O–H groups in total. The van der Waals surface area contributed by atoms with Gasteiger partial charge in [0.25, 0.3) is 5.91 Å². The molecule has 0 radical (unpaired) electrons. The third-order valence-corrected chi connectivity index (χ3v) is 5.30. The lowest BCUT2D eigenvalue weighted by molar-refractivity contribution is 0.102. The fourth-order valence-electron chi connectivity index (χ4n) is 2.98. The second-order valence-corrected chi connectivity index (χ2v) is 7.45. The number of hydrogen-bond acceptors (Lipinski definition) is 6. The summed E-state index contributed by atoms with van der Waals surface area (Å²) in [5, 5.41) is 3.47. The monoisotopic (exact) mass is 380 g/mol. The number of aryl methyl sites for hydroxylation is 1. The molecule has 3 aromatic rings. The van der Waals surface area contributed by atoms with E-state index in [0.717, 1.165) is 35.0 Å². The summed E-state index contributed by atoms with van der Waals surface area (Å²) < 4.78 is 5.35. The Morgan fingerprint density at radius 2 is 1.93 bits per heavy atom. The molecule has 0 saturated carbocycles. The molecule has 0 bridgehead atoms. The highest BCUT2D eigenvalue weighted by Crippen LogP contribution is 2.30. The molecule has 1 fully saturated rings. The van der Waals surface area contributed by atoms with Crippen LogP contribution in [-0.2, 0) is 4.74 Å². The first kappa shape index (κ1) is 17.6. The van der Waals surface area contributed by atoms with Gasteiger partial charge in [-0.25, -0.2) is 9.97 Å². The number of morpholine rings is 1. The van der Waals surface area contributed by atoms with Gasteiger partial charge >= 0.3 is 0 Å². The fraction of sp³-hybridized carbons (Fsp3) is 0.250. The maximum absolute atomic E-state index is 12.5. The summed E-state index contributed by atoms with van der Waals surface area (Å²) in [7, 11) is 0. The molecular formula is C20H20N4O2S. The molecule has 1 aliphatic rings. The number of carbonyl (C=O) groups excluding carboxylic acids is 1. The minimum absolute atomic E-state index is 0.204. The maximum atomic E-state index is 12.5. The molecule has 0 spiro atoms. The zero-order chi connectivity index (χ0) is 18.6. The van der Waals surface area contributed by atoms with Gasteiger partial charge in [0.1, 0.15) is 5.82 Å². The first-order chi connectivity index (χ1) is 13.2. The van der Waals surface area contributed by atoms with Crippen LogP contribution >= 0.6 is 11.3 Å². The molecule has 7 heteroatoms.